The number of para-hydroxylation sites is 1. The Morgan fingerprint density at radius 2 is 2.05 bits per heavy atom. The van der Waals surface area contributed by atoms with Crippen molar-refractivity contribution in [3.63, 3.8) is 0 Å². The van der Waals surface area contributed by atoms with Crippen LogP contribution < -0.4 is 16.6 Å². The highest BCUT2D eigenvalue weighted by molar-refractivity contribution is 7.99. The minimum atomic E-state index is -0.522. The van der Waals surface area contributed by atoms with E-state index in [9.17, 15) is 9.18 Å². The van der Waals surface area contributed by atoms with E-state index in [2.05, 4.69) is 17.0 Å². The van der Waals surface area contributed by atoms with Crippen LogP contribution in [0.5, 0.6) is 0 Å². The Morgan fingerprint density at radius 1 is 1.35 bits per heavy atom. The summed E-state index contributed by atoms with van der Waals surface area (Å²) in [5.74, 6) is 4.49. The fraction of sp³-hybridized carbons (Fsp3) is 0.500. The summed E-state index contributed by atoms with van der Waals surface area (Å²) in [6, 6.07) is 4.52. The molecule has 0 spiro atoms. The number of rotatable bonds is 4. The molecule has 20 heavy (non-hydrogen) atoms. The van der Waals surface area contributed by atoms with Gasteiger partial charge in [0.25, 0.3) is 5.91 Å². The van der Waals surface area contributed by atoms with Crippen molar-refractivity contribution in [2.45, 2.75) is 37.0 Å². The molecule has 0 aromatic heterocycles. The van der Waals surface area contributed by atoms with Crippen molar-refractivity contribution in [1.29, 1.82) is 0 Å². The Kier molecular flexibility index (Phi) is 5.25. The number of carbonyl (C=O) groups is 1. The minimum absolute atomic E-state index is 0.0443. The first-order chi connectivity index (χ1) is 9.65. The van der Waals surface area contributed by atoms with Gasteiger partial charge >= 0.3 is 0 Å². The van der Waals surface area contributed by atoms with Crippen LogP contribution in [0.4, 0.5) is 10.1 Å². The van der Waals surface area contributed by atoms with Gasteiger partial charge in [0.2, 0.25) is 0 Å². The lowest BCUT2D eigenvalue weighted by molar-refractivity contribution is 0.0928. The normalized spacial score (nSPS) is 22.4. The Bertz CT molecular complexity index is 475. The molecule has 0 radical (unpaired) electrons. The number of nitrogens with one attached hydrogen (secondary N) is 2. The molecule has 2 rings (SSSR count). The van der Waals surface area contributed by atoms with E-state index in [-0.39, 0.29) is 23.2 Å². The monoisotopic (exact) mass is 297 g/mol. The molecule has 1 aliphatic rings. The molecule has 4 nitrogen and oxygen atoms in total. The summed E-state index contributed by atoms with van der Waals surface area (Å²) >= 11 is 1.88. The van der Waals surface area contributed by atoms with E-state index in [1.54, 1.807) is 6.07 Å². The second-order valence-electron chi connectivity index (χ2n) is 4.99. The highest BCUT2D eigenvalue weighted by atomic mass is 32.2. The smallest absolute Gasteiger partial charge is 0.253 e. The number of anilines is 1. The van der Waals surface area contributed by atoms with E-state index in [0.717, 1.165) is 25.7 Å². The molecule has 0 bridgehead atoms. The van der Waals surface area contributed by atoms with E-state index >= 15 is 0 Å². The van der Waals surface area contributed by atoms with Crippen LogP contribution in [0.3, 0.4) is 0 Å². The third-order valence-corrected chi connectivity index (χ3v) is 4.88. The minimum Gasteiger partial charge on any atom is -0.349 e. The number of benzene rings is 1. The van der Waals surface area contributed by atoms with Gasteiger partial charge in [-0.25, -0.2) is 4.39 Å². The number of amides is 1. The highest BCUT2D eigenvalue weighted by Crippen LogP contribution is 2.27. The van der Waals surface area contributed by atoms with Crippen molar-refractivity contribution in [2.24, 2.45) is 5.84 Å². The molecular weight excluding hydrogens is 277 g/mol. The van der Waals surface area contributed by atoms with Crippen LogP contribution in [0, 0.1) is 5.82 Å². The van der Waals surface area contributed by atoms with Gasteiger partial charge in [-0.2, -0.15) is 11.8 Å². The molecule has 1 saturated carbocycles. The molecular formula is C14H20FN3OS. The van der Waals surface area contributed by atoms with Gasteiger partial charge in [-0.15, -0.1) is 0 Å². The van der Waals surface area contributed by atoms with Crippen LogP contribution in [-0.2, 0) is 0 Å². The number of nitrogen functional groups attached to an aromatic ring is 1. The molecule has 0 atom stereocenters. The van der Waals surface area contributed by atoms with Gasteiger partial charge in [0, 0.05) is 11.3 Å². The summed E-state index contributed by atoms with van der Waals surface area (Å²) in [6.45, 7) is 0. The van der Waals surface area contributed by atoms with Crippen LogP contribution in [0.15, 0.2) is 18.2 Å². The molecule has 1 aliphatic carbocycles. The van der Waals surface area contributed by atoms with Gasteiger partial charge in [0.05, 0.1) is 11.3 Å². The number of hydrogen-bond acceptors (Lipinski definition) is 4. The number of thioether (sulfide) groups is 1. The lowest BCUT2D eigenvalue weighted by atomic mass is 9.94. The maximum Gasteiger partial charge on any atom is 0.253 e. The van der Waals surface area contributed by atoms with Crippen molar-refractivity contribution >= 4 is 23.4 Å². The van der Waals surface area contributed by atoms with Gasteiger partial charge in [-0.1, -0.05) is 6.07 Å². The van der Waals surface area contributed by atoms with Crippen LogP contribution in [0.1, 0.15) is 36.0 Å². The topological polar surface area (TPSA) is 67.2 Å². The number of hydrazine groups is 1. The second kappa shape index (κ2) is 6.95. The SMILES string of the molecule is CSC1CCC(NC(=O)c2cccc(F)c2NN)CC1. The van der Waals surface area contributed by atoms with E-state index in [1.807, 2.05) is 11.8 Å². The highest BCUT2D eigenvalue weighted by Gasteiger charge is 2.23. The fourth-order valence-electron chi connectivity index (χ4n) is 2.57. The summed E-state index contributed by atoms with van der Waals surface area (Å²) in [4.78, 5) is 12.2. The third kappa shape index (κ3) is 3.43. The van der Waals surface area contributed by atoms with E-state index < -0.39 is 5.82 Å². The first-order valence-corrected chi connectivity index (χ1v) is 8.03. The molecule has 0 heterocycles. The van der Waals surface area contributed by atoms with Crippen molar-refractivity contribution in [3.8, 4) is 0 Å². The van der Waals surface area contributed by atoms with Crippen LogP contribution >= 0.6 is 11.8 Å². The lowest BCUT2D eigenvalue weighted by Crippen LogP contribution is -2.38. The average Bonchev–Trinajstić information content (AvgIpc) is 2.47. The summed E-state index contributed by atoms with van der Waals surface area (Å²) in [5, 5.41) is 3.66. The molecule has 1 fully saturated rings. The van der Waals surface area contributed by atoms with Crippen molar-refractivity contribution in [3.05, 3.63) is 29.6 Å². The van der Waals surface area contributed by atoms with Gasteiger partial charge < -0.3 is 10.7 Å². The van der Waals surface area contributed by atoms with Crippen LogP contribution in [0.2, 0.25) is 0 Å². The molecule has 4 N–H and O–H groups in total. The Balaban J connectivity index is 2.01. The third-order valence-electron chi connectivity index (χ3n) is 3.75. The Morgan fingerprint density at radius 3 is 2.65 bits per heavy atom. The molecule has 0 aliphatic heterocycles. The van der Waals surface area contributed by atoms with Crippen molar-refractivity contribution < 1.29 is 9.18 Å². The Labute approximate surface area is 122 Å². The zero-order chi connectivity index (χ0) is 14.5. The quantitative estimate of drug-likeness (QED) is 0.590. The number of halogens is 1. The van der Waals surface area contributed by atoms with Gasteiger partial charge in [0.15, 0.2) is 0 Å². The molecule has 1 aromatic carbocycles. The zero-order valence-electron chi connectivity index (χ0n) is 11.5. The Hall–Kier alpha value is -1.27. The summed E-state index contributed by atoms with van der Waals surface area (Å²) in [5.41, 5.74) is 2.55. The first kappa shape index (κ1) is 15.1. The van der Waals surface area contributed by atoms with Crippen LogP contribution in [0.25, 0.3) is 0 Å². The molecule has 0 saturated heterocycles. The van der Waals surface area contributed by atoms with Crippen molar-refractivity contribution in [1.82, 2.24) is 5.32 Å². The zero-order valence-corrected chi connectivity index (χ0v) is 12.3. The van der Waals surface area contributed by atoms with Gasteiger partial charge in [-0.05, 0) is 44.1 Å². The van der Waals surface area contributed by atoms with E-state index in [4.69, 9.17) is 5.84 Å². The average molecular weight is 297 g/mol. The molecule has 110 valence electrons. The predicted molar refractivity (Wildman–Crippen MR) is 81.2 cm³/mol. The van der Waals surface area contributed by atoms with E-state index in [0.29, 0.717) is 5.25 Å². The number of hydrogen-bond donors (Lipinski definition) is 3. The van der Waals surface area contributed by atoms with Gasteiger partial charge in [0.1, 0.15) is 5.82 Å². The molecule has 1 amide bonds. The summed E-state index contributed by atoms with van der Waals surface area (Å²) in [7, 11) is 0. The van der Waals surface area contributed by atoms with Gasteiger partial charge in [-0.3, -0.25) is 10.6 Å². The number of carbonyl (C=O) groups excluding carboxylic acids is 1. The number of nitrogens with two attached hydrogens (primary N) is 1. The summed E-state index contributed by atoms with van der Waals surface area (Å²) < 4.78 is 13.6. The molecule has 0 unspecified atom stereocenters. The molecule has 6 heteroatoms. The van der Waals surface area contributed by atoms with Crippen LogP contribution in [-0.4, -0.2) is 23.5 Å². The second-order valence-corrected chi connectivity index (χ2v) is 6.13. The molecule has 1 aromatic rings. The first-order valence-electron chi connectivity index (χ1n) is 6.74. The largest absolute Gasteiger partial charge is 0.349 e. The van der Waals surface area contributed by atoms with Crippen molar-refractivity contribution in [2.75, 3.05) is 11.7 Å². The standard InChI is InChI=1S/C14H20FN3OS/c1-20-10-7-5-9(6-8-10)17-14(19)11-3-2-4-12(15)13(11)18-16/h2-4,9-10,18H,5-8,16H2,1H3,(H,17,19). The predicted octanol–water partition coefficient (Wildman–Crippen LogP) is 2.52. The van der Waals surface area contributed by atoms with E-state index in [1.165, 1.54) is 12.1 Å². The maximum atomic E-state index is 13.6. The lowest BCUT2D eigenvalue weighted by Gasteiger charge is -2.28. The maximum absolute atomic E-state index is 13.6. The summed E-state index contributed by atoms with van der Waals surface area (Å²) in [6.07, 6.45) is 6.28. The fourth-order valence-corrected chi connectivity index (χ4v) is 3.31.